The van der Waals surface area contributed by atoms with Gasteiger partial charge in [-0.25, -0.2) is 4.68 Å². The summed E-state index contributed by atoms with van der Waals surface area (Å²) in [6.07, 6.45) is 2.36. The highest BCUT2D eigenvalue weighted by Gasteiger charge is 2.13. The number of aliphatic imine (C=N–C) groups is 1. The summed E-state index contributed by atoms with van der Waals surface area (Å²) >= 11 is 0. The first-order chi connectivity index (χ1) is 14.6. The third kappa shape index (κ3) is 6.31. The topological polar surface area (TPSA) is 60.7 Å². The number of likely N-dealkylation sites (N-methyl/N-ethyl adjacent to an activating group) is 1. The molecule has 0 saturated carbocycles. The molecule has 0 unspecified atom stereocenters. The Morgan fingerprint density at radius 3 is 2.53 bits per heavy atom. The summed E-state index contributed by atoms with van der Waals surface area (Å²) in [5.41, 5.74) is 4.48. The quantitative estimate of drug-likeness (QED) is 0.396. The summed E-state index contributed by atoms with van der Waals surface area (Å²) in [5, 5.41) is 11.5. The lowest BCUT2D eigenvalue weighted by atomic mass is 10.1. The van der Waals surface area contributed by atoms with Gasteiger partial charge in [0.15, 0.2) is 5.96 Å². The first kappa shape index (κ1) is 22.3. The summed E-state index contributed by atoms with van der Waals surface area (Å²) in [5.74, 6) is 0.845. The van der Waals surface area contributed by atoms with Gasteiger partial charge < -0.3 is 20.4 Å². The zero-order chi connectivity index (χ0) is 21.3. The average molecular weight is 412 g/mol. The summed E-state index contributed by atoms with van der Waals surface area (Å²) < 4.78 is 2.01. The van der Waals surface area contributed by atoms with E-state index < -0.39 is 0 Å². The van der Waals surface area contributed by atoms with Crippen molar-refractivity contribution in [3.63, 3.8) is 0 Å². The molecule has 7 nitrogen and oxygen atoms in total. The first-order valence-corrected chi connectivity index (χ1v) is 11.0. The summed E-state index contributed by atoms with van der Waals surface area (Å²) in [6, 6.07) is 10.5. The van der Waals surface area contributed by atoms with Crippen molar-refractivity contribution in [2.24, 2.45) is 4.99 Å². The Balaban J connectivity index is 1.43. The van der Waals surface area contributed by atoms with Crippen LogP contribution in [0.2, 0.25) is 0 Å². The molecule has 1 aliphatic rings. The van der Waals surface area contributed by atoms with E-state index >= 15 is 0 Å². The SMILES string of the molecule is CN=C(NCCCCN1CCN(C)CC1)NCc1ccccc1-n1nc(C)cc1C. The van der Waals surface area contributed by atoms with Crippen LogP contribution < -0.4 is 10.6 Å². The number of nitrogens with zero attached hydrogens (tertiary/aromatic N) is 5. The van der Waals surface area contributed by atoms with E-state index in [1.54, 1.807) is 0 Å². The second kappa shape index (κ2) is 11.1. The Labute approximate surface area is 181 Å². The van der Waals surface area contributed by atoms with Gasteiger partial charge in [0.2, 0.25) is 0 Å². The molecular weight excluding hydrogens is 374 g/mol. The van der Waals surface area contributed by atoms with Gasteiger partial charge in [-0.2, -0.15) is 5.10 Å². The van der Waals surface area contributed by atoms with Gasteiger partial charge in [-0.3, -0.25) is 4.99 Å². The van der Waals surface area contributed by atoms with Crippen molar-refractivity contribution in [3.8, 4) is 5.69 Å². The summed E-state index contributed by atoms with van der Waals surface area (Å²) in [7, 11) is 4.03. The van der Waals surface area contributed by atoms with Crippen molar-refractivity contribution in [2.45, 2.75) is 33.2 Å². The van der Waals surface area contributed by atoms with Crippen LogP contribution in [0.5, 0.6) is 0 Å². The number of aryl methyl sites for hydroxylation is 2. The molecule has 1 saturated heterocycles. The fraction of sp³-hybridized carbons (Fsp3) is 0.565. The van der Waals surface area contributed by atoms with Crippen molar-refractivity contribution in [1.82, 2.24) is 30.2 Å². The van der Waals surface area contributed by atoms with Crippen LogP contribution in [0.3, 0.4) is 0 Å². The van der Waals surface area contributed by atoms with Crippen LogP contribution in [-0.2, 0) is 6.54 Å². The molecule has 0 amide bonds. The number of nitrogens with one attached hydrogen (secondary N) is 2. The van der Waals surface area contributed by atoms with E-state index in [1.807, 2.05) is 18.7 Å². The normalized spacial score (nSPS) is 16.1. The Morgan fingerprint density at radius 2 is 1.83 bits per heavy atom. The maximum absolute atomic E-state index is 4.64. The van der Waals surface area contributed by atoms with Crippen LogP contribution in [0.15, 0.2) is 35.3 Å². The standard InChI is InChI=1S/C23H37N7/c1-19-17-20(2)30(27-19)22-10-6-5-9-21(22)18-26-23(24-3)25-11-7-8-12-29-15-13-28(4)14-16-29/h5-6,9-10,17H,7-8,11-16,18H2,1-4H3,(H2,24,25,26). The van der Waals surface area contributed by atoms with Crippen LogP contribution in [0, 0.1) is 13.8 Å². The minimum absolute atomic E-state index is 0.704. The van der Waals surface area contributed by atoms with Crippen molar-refractivity contribution >= 4 is 5.96 Å². The molecule has 1 fully saturated rings. The number of benzene rings is 1. The molecule has 30 heavy (non-hydrogen) atoms. The highest BCUT2D eigenvalue weighted by Crippen LogP contribution is 2.16. The lowest BCUT2D eigenvalue weighted by molar-refractivity contribution is 0.152. The van der Waals surface area contributed by atoms with Crippen LogP contribution >= 0.6 is 0 Å². The molecule has 1 aromatic carbocycles. The molecule has 7 heteroatoms. The van der Waals surface area contributed by atoms with Crippen LogP contribution in [0.1, 0.15) is 29.8 Å². The average Bonchev–Trinajstić information content (AvgIpc) is 3.09. The van der Waals surface area contributed by atoms with Crippen LogP contribution in [0.25, 0.3) is 5.69 Å². The second-order valence-electron chi connectivity index (χ2n) is 8.17. The number of para-hydroxylation sites is 1. The number of hydrogen-bond donors (Lipinski definition) is 2. The van der Waals surface area contributed by atoms with Gasteiger partial charge in [0.05, 0.1) is 11.4 Å². The Hall–Kier alpha value is -2.38. The molecule has 2 aromatic rings. The largest absolute Gasteiger partial charge is 0.356 e. The van der Waals surface area contributed by atoms with Crippen LogP contribution in [-0.4, -0.2) is 78.9 Å². The zero-order valence-corrected chi connectivity index (χ0v) is 19.0. The molecule has 2 N–H and O–H groups in total. The van der Waals surface area contributed by atoms with E-state index in [0.717, 1.165) is 36.0 Å². The maximum Gasteiger partial charge on any atom is 0.191 e. The van der Waals surface area contributed by atoms with Crippen molar-refractivity contribution < 1.29 is 0 Å². The number of hydrogen-bond acceptors (Lipinski definition) is 4. The minimum Gasteiger partial charge on any atom is -0.356 e. The van der Waals surface area contributed by atoms with Gasteiger partial charge in [-0.1, -0.05) is 18.2 Å². The monoisotopic (exact) mass is 411 g/mol. The van der Waals surface area contributed by atoms with E-state index in [0.29, 0.717) is 6.54 Å². The molecule has 0 atom stereocenters. The highest BCUT2D eigenvalue weighted by atomic mass is 15.3. The number of piperazine rings is 1. The van der Waals surface area contributed by atoms with E-state index in [9.17, 15) is 0 Å². The molecule has 0 bridgehead atoms. The summed E-state index contributed by atoms with van der Waals surface area (Å²) in [4.78, 5) is 9.35. The van der Waals surface area contributed by atoms with Crippen molar-refractivity contribution in [2.75, 3.05) is 53.4 Å². The number of rotatable bonds is 8. The fourth-order valence-electron chi connectivity index (χ4n) is 3.88. The van der Waals surface area contributed by atoms with E-state index in [-0.39, 0.29) is 0 Å². The highest BCUT2D eigenvalue weighted by molar-refractivity contribution is 5.79. The molecule has 164 valence electrons. The van der Waals surface area contributed by atoms with Gasteiger partial charge in [0, 0.05) is 52.0 Å². The third-order valence-electron chi connectivity index (χ3n) is 5.69. The predicted molar refractivity (Wildman–Crippen MR) is 124 cm³/mol. The number of guanidine groups is 1. The maximum atomic E-state index is 4.64. The second-order valence-corrected chi connectivity index (χ2v) is 8.17. The predicted octanol–water partition coefficient (Wildman–Crippen LogP) is 2.18. The minimum atomic E-state index is 0.704. The van der Waals surface area contributed by atoms with Crippen molar-refractivity contribution in [3.05, 3.63) is 47.3 Å². The first-order valence-electron chi connectivity index (χ1n) is 11.0. The number of aromatic nitrogens is 2. The molecule has 0 spiro atoms. The Kier molecular flexibility index (Phi) is 8.28. The third-order valence-corrected chi connectivity index (χ3v) is 5.69. The molecular formula is C23H37N7. The molecule has 0 aliphatic carbocycles. The molecule has 2 heterocycles. The summed E-state index contributed by atoms with van der Waals surface area (Å²) in [6.45, 7) is 11.7. The molecule has 0 radical (unpaired) electrons. The van der Waals surface area contributed by atoms with Gasteiger partial charge in [0.1, 0.15) is 0 Å². The van der Waals surface area contributed by atoms with Gasteiger partial charge in [-0.05, 0) is 58.0 Å². The fourth-order valence-corrected chi connectivity index (χ4v) is 3.88. The van der Waals surface area contributed by atoms with E-state index in [4.69, 9.17) is 0 Å². The van der Waals surface area contributed by atoms with Gasteiger partial charge in [0.25, 0.3) is 0 Å². The van der Waals surface area contributed by atoms with Gasteiger partial charge >= 0.3 is 0 Å². The molecule has 1 aliphatic heterocycles. The molecule has 1 aromatic heterocycles. The zero-order valence-electron chi connectivity index (χ0n) is 19.0. The van der Waals surface area contributed by atoms with E-state index in [2.05, 4.69) is 74.8 Å². The molecule has 3 rings (SSSR count). The van der Waals surface area contributed by atoms with E-state index in [1.165, 1.54) is 44.7 Å². The smallest absolute Gasteiger partial charge is 0.191 e. The van der Waals surface area contributed by atoms with Gasteiger partial charge in [-0.15, -0.1) is 0 Å². The number of unbranched alkanes of at least 4 members (excludes halogenated alkanes) is 1. The lowest BCUT2D eigenvalue weighted by Crippen LogP contribution is -2.44. The van der Waals surface area contributed by atoms with Crippen LogP contribution in [0.4, 0.5) is 0 Å². The van der Waals surface area contributed by atoms with Crippen molar-refractivity contribution in [1.29, 1.82) is 0 Å². The Bertz CT molecular complexity index is 819. The lowest BCUT2D eigenvalue weighted by Gasteiger charge is -2.32. The Morgan fingerprint density at radius 1 is 1.07 bits per heavy atom.